The average Bonchev–Trinajstić information content (AvgIpc) is 2.67. The van der Waals surface area contributed by atoms with Crippen molar-refractivity contribution in [2.45, 2.75) is 18.4 Å². The monoisotopic (exact) mass is 493 g/mol. The second-order valence-electron chi connectivity index (χ2n) is 6.27. The lowest BCUT2D eigenvalue weighted by atomic mass is 10.2. The van der Waals surface area contributed by atoms with Crippen molar-refractivity contribution >= 4 is 49.3 Å². The third-order valence-corrected chi connectivity index (χ3v) is 6.19. The van der Waals surface area contributed by atoms with Crippen molar-refractivity contribution in [3.05, 3.63) is 87.6 Å². The van der Waals surface area contributed by atoms with Crippen LogP contribution in [0.1, 0.15) is 11.1 Å². The number of carbonyl (C=O) groups excluding carboxylic acids is 1. The highest BCUT2D eigenvalue weighted by molar-refractivity contribution is 9.10. The van der Waals surface area contributed by atoms with E-state index in [0.717, 1.165) is 15.6 Å². The highest BCUT2D eigenvalue weighted by atomic mass is 79.9. The summed E-state index contributed by atoms with van der Waals surface area (Å²) >= 11 is 9.65. The molecule has 1 N–H and O–H groups in total. The second kappa shape index (κ2) is 8.94. The van der Waals surface area contributed by atoms with Crippen molar-refractivity contribution in [1.82, 2.24) is 9.71 Å². The quantitative estimate of drug-likeness (QED) is 0.546. The lowest BCUT2D eigenvalue weighted by Gasteiger charge is -2.24. The molecule has 0 spiro atoms. The number of halogens is 2. The first kappa shape index (κ1) is 21.3. The topological polar surface area (TPSA) is 79.4 Å². The Morgan fingerprint density at radius 3 is 2.52 bits per heavy atom. The van der Waals surface area contributed by atoms with Crippen molar-refractivity contribution < 1.29 is 13.2 Å². The van der Waals surface area contributed by atoms with E-state index in [9.17, 15) is 13.2 Å². The number of rotatable bonds is 5. The zero-order valence-corrected chi connectivity index (χ0v) is 18.5. The van der Waals surface area contributed by atoms with E-state index in [-0.39, 0.29) is 11.4 Å². The van der Waals surface area contributed by atoms with Crippen molar-refractivity contribution in [3.63, 3.8) is 0 Å². The molecule has 29 heavy (non-hydrogen) atoms. The van der Waals surface area contributed by atoms with E-state index in [1.54, 1.807) is 54.9 Å². The molecular weight excluding hydrogens is 478 g/mol. The third kappa shape index (κ3) is 5.35. The highest BCUT2D eigenvalue weighted by Gasteiger charge is 2.25. The van der Waals surface area contributed by atoms with Gasteiger partial charge in [0.25, 0.3) is 10.0 Å². The first-order valence-electron chi connectivity index (χ1n) is 8.51. The van der Waals surface area contributed by atoms with Gasteiger partial charge in [0.2, 0.25) is 0 Å². The zero-order chi connectivity index (χ0) is 21.0. The lowest BCUT2D eigenvalue weighted by molar-refractivity contribution is 0.250. The van der Waals surface area contributed by atoms with Crippen molar-refractivity contribution in [2.24, 2.45) is 0 Å². The summed E-state index contributed by atoms with van der Waals surface area (Å²) in [6.07, 6.45) is 3.21. The Hall–Kier alpha value is -2.42. The largest absolute Gasteiger partial charge is 0.336 e. The predicted octanol–water partition coefficient (Wildman–Crippen LogP) is 4.91. The van der Waals surface area contributed by atoms with Crippen LogP contribution in [0.2, 0.25) is 5.02 Å². The van der Waals surface area contributed by atoms with Gasteiger partial charge in [-0.25, -0.2) is 17.9 Å². The molecule has 6 nitrogen and oxygen atoms in total. The summed E-state index contributed by atoms with van der Waals surface area (Å²) in [5.41, 5.74) is 2.00. The molecule has 0 saturated carbocycles. The molecular formula is C20H17BrClN3O3S. The van der Waals surface area contributed by atoms with Gasteiger partial charge in [-0.15, -0.1) is 0 Å². The number of benzene rings is 2. The molecule has 2 amide bonds. The van der Waals surface area contributed by atoms with Crippen LogP contribution in [0.15, 0.2) is 76.4 Å². The van der Waals surface area contributed by atoms with E-state index >= 15 is 0 Å². The molecule has 2 aromatic carbocycles. The Bertz CT molecular complexity index is 1120. The number of carbonyl (C=O) groups is 1. The van der Waals surface area contributed by atoms with Crippen LogP contribution >= 0.6 is 27.5 Å². The van der Waals surface area contributed by atoms with Crippen LogP contribution < -0.4 is 9.62 Å². The third-order valence-electron chi connectivity index (χ3n) is 4.06. The van der Waals surface area contributed by atoms with Crippen molar-refractivity contribution in [2.75, 3.05) is 4.90 Å². The number of amides is 2. The molecule has 9 heteroatoms. The molecule has 0 aliphatic rings. The summed E-state index contributed by atoms with van der Waals surface area (Å²) in [6, 6.07) is 13.9. The van der Waals surface area contributed by atoms with Crippen molar-refractivity contribution in [1.29, 1.82) is 0 Å². The number of pyridine rings is 1. The van der Waals surface area contributed by atoms with Gasteiger partial charge in [-0.05, 0) is 48.9 Å². The molecule has 0 aliphatic carbocycles. The number of anilines is 1. The molecule has 3 aromatic rings. The summed E-state index contributed by atoms with van der Waals surface area (Å²) in [5, 5.41) is 0.297. The molecule has 0 fully saturated rings. The van der Waals surface area contributed by atoms with Gasteiger partial charge in [0, 0.05) is 16.9 Å². The molecule has 3 rings (SSSR count). The summed E-state index contributed by atoms with van der Waals surface area (Å²) in [6.45, 7) is 1.94. The van der Waals surface area contributed by atoms with Gasteiger partial charge in [0.15, 0.2) is 0 Å². The number of nitrogens with zero attached hydrogens (tertiary/aromatic N) is 2. The van der Waals surface area contributed by atoms with Gasteiger partial charge in [-0.2, -0.15) is 0 Å². The van der Waals surface area contributed by atoms with Crippen LogP contribution in [-0.2, 0) is 16.6 Å². The standard InChI is InChI=1S/C20H17BrClN3O3S/c1-14-4-7-17(8-5-14)29(27,28)24-20(26)25(13-15-3-2-10-23-12-15)19-9-6-16(21)11-18(19)22/h2-12H,13H2,1H3,(H,24,26). The van der Waals surface area contributed by atoms with Crippen LogP contribution in [0.25, 0.3) is 0 Å². The maximum atomic E-state index is 13.0. The summed E-state index contributed by atoms with van der Waals surface area (Å²) in [5.74, 6) is 0. The number of aryl methyl sites for hydroxylation is 1. The number of hydrogen-bond donors (Lipinski definition) is 1. The molecule has 0 radical (unpaired) electrons. The van der Waals surface area contributed by atoms with Gasteiger partial charge >= 0.3 is 6.03 Å². The van der Waals surface area contributed by atoms with Gasteiger partial charge in [-0.3, -0.25) is 9.88 Å². The highest BCUT2D eigenvalue weighted by Crippen LogP contribution is 2.30. The molecule has 0 aliphatic heterocycles. The molecule has 1 heterocycles. The maximum absolute atomic E-state index is 13.0. The molecule has 0 bridgehead atoms. The Kier molecular flexibility index (Phi) is 6.56. The number of urea groups is 1. The fraction of sp³-hybridized carbons (Fsp3) is 0.100. The van der Waals surface area contributed by atoms with Gasteiger partial charge in [0.1, 0.15) is 0 Å². The number of nitrogens with one attached hydrogen (secondary N) is 1. The first-order valence-corrected chi connectivity index (χ1v) is 11.2. The van der Waals surface area contributed by atoms with E-state index in [1.807, 2.05) is 6.92 Å². The van der Waals surface area contributed by atoms with E-state index in [2.05, 4.69) is 25.6 Å². The average molecular weight is 495 g/mol. The summed E-state index contributed by atoms with van der Waals surface area (Å²) < 4.78 is 28.2. The lowest BCUT2D eigenvalue weighted by Crippen LogP contribution is -2.42. The van der Waals surface area contributed by atoms with Crippen LogP contribution in [-0.4, -0.2) is 19.4 Å². The minimum Gasteiger partial charge on any atom is -0.288 e. The van der Waals surface area contributed by atoms with Crippen molar-refractivity contribution in [3.8, 4) is 0 Å². The molecule has 1 aromatic heterocycles. The minimum atomic E-state index is -4.05. The molecule has 150 valence electrons. The summed E-state index contributed by atoms with van der Waals surface area (Å²) in [7, 11) is -4.05. The number of sulfonamides is 1. The van der Waals surface area contributed by atoms with Gasteiger partial charge in [0.05, 0.1) is 22.2 Å². The second-order valence-corrected chi connectivity index (χ2v) is 9.27. The van der Waals surface area contributed by atoms with Crippen LogP contribution in [0.3, 0.4) is 0 Å². The number of hydrogen-bond acceptors (Lipinski definition) is 4. The Labute approximate surface area is 182 Å². The SMILES string of the molecule is Cc1ccc(S(=O)(=O)NC(=O)N(Cc2cccnc2)c2ccc(Br)cc2Cl)cc1. The fourth-order valence-electron chi connectivity index (χ4n) is 2.59. The van der Waals surface area contributed by atoms with Gasteiger partial charge in [-0.1, -0.05) is 51.3 Å². The Balaban J connectivity index is 1.94. The molecule has 0 atom stereocenters. The smallest absolute Gasteiger partial charge is 0.288 e. The van der Waals surface area contributed by atoms with Gasteiger partial charge < -0.3 is 0 Å². The van der Waals surface area contributed by atoms with Crippen LogP contribution in [0, 0.1) is 6.92 Å². The minimum absolute atomic E-state index is 0.000296. The van der Waals surface area contributed by atoms with Crippen LogP contribution in [0.5, 0.6) is 0 Å². The van der Waals surface area contributed by atoms with E-state index in [0.29, 0.717) is 10.7 Å². The Morgan fingerprint density at radius 2 is 1.90 bits per heavy atom. The zero-order valence-electron chi connectivity index (χ0n) is 15.3. The van der Waals surface area contributed by atoms with E-state index in [4.69, 9.17) is 11.6 Å². The number of aromatic nitrogens is 1. The molecule has 0 saturated heterocycles. The molecule has 0 unspecified atom stereocenters. The van der Waals surface area contributed by atoms with Crippen LogP contribution in [0.4, 0.5) is 10.5 Å². The first-order chi connectivity index (χ1) is 13.8. The normalized spacial score (nSPS) is 11.1. The Morgan fingerprint density at radius 1 is 1.17 bits per heavy atom. The predicted molar refractivity (Wildman–Crippen MR) is 116 cm³/mol. The van der Waals surface area contributed by atoms with E-state index in [1.165, 1.54) is 17.0 Å². The maximum Gasteiger partial charge on any atom is 0.336 e. The fourth-order valence-corrected chi connectivity index (χ4v) is 4.31. The summed E-state index contributed by atoms with van der Waals surface area (Å²) in [4.78, 5) is 18.3. The van der Waals surface area contributed by atoms with E-state index < -0.39 is 16.1 Å².